The molecule has 2 aliphatic carbocycles. The van der Waals surface area contributed by atoms with Crippen LogP contribution in [-0.4, -0.2) is 127 Å². The topological polar surface area (TPSA) is 191 Å². The Hall–Kier alpha value is -4.35. The van der Waals surface area contributed by atoms with Gasteiger partial charge in [-0.2, -0.15) is 0 Å². The molecule has 5 aliphatic rings. The van der Waals surface area contributed by atoms with Gasteiger partial charge in [0.25, 0.3) is 11.8 Å². The number of amides is 4. The van der Waals surface area contributed by atoms with Gasteiger partial charge in [0.15, 0.2) is 18.2 Å². The normalized spacial score (nSPS) is 33.3. The number of methoxy groups -OCH3 is 1. The first-order valence-corrected chi connectivity index (χ1v) is 21.8. The average molecular weight is 829 g/mol. The van der Waals surface area contributed by atoms with Gasteiger partial charge >= 0.3 is 12.0 Å². The van der Waals surface area contributed by atoms with Gasteiger partial charge in [-0.1, -0.05) is 44.2 Å². The van der Waals surface area contributed by atoms with Crippen LogP contribution in [0.25, 0.3) is 10.8 Å². The van der Waals surface area contributed by atoms with Gasteiger partial charge in [-0.25, -0.2) is 31.9 Å². The van der Waals surface area contributed by atoms with Crippen LogP contribution in [0.4, 0.5) is 9.18 Å². The summed E-state index contributed by atoms with van der Waals surface area (Å²) in [7, 11) is -1.26. The molecule has 2 saturated heterocycles. The molecule has 0 bridgehead atoms. The summed E-state index contributed by atoms with van der Waals surface area (Å²) in [6.07, 6.45) is 6.11. The molecule has 2 aromatic rings. The summed E-state index contributed by atoms with van der Waals surface area (Å²) in [6.45, 7) is 3.45. The van der Waals surface area contributed by atoms with Gasteiger partial charge in [-0.15, -0.1) is 0 Å². The van der Waals surface area contributed by atoms with Crippen LogP contribution in [0.1, 0.15) is 71.6 Å². The number of ether oxygens (including phenoxy) is 3. The number of alkyl halides is 1. The van der Waals surface area contributed by atoms with Crippen LogP contribution in [0, 0.1) is 17.8 Å². The number of benzene rings is 1. The molecule has 316 valence electrons. The summed E-state index contributed by atoms with van der Waals surface area (Å²) in [5.74, 6) is -2.28. The van der Waals surface area contributed by atoms with Gasteiger partial charge in [0.2, 0.25) is 15.9 Å². The van der Waals surface area contributed by atoms with E-state index in [4.69, 9.17) is 14.2 Å². The van der Waals surface area contributed by atoms with Crippen LogP contribution in [-0.2, 0) is 29.1 Å². The lowest BCUT2D eigenvalue weighted by Gasteiger charge is -2.43. The second-order valence-electron chi connectivity index (χ2n) is 17.3. The Morgan fingerprint density at radius 2 is 1.83 bits per heavy atom. The maximum Gasteiger partial charge on any atom is 0.408 e. The first-order valence-electron chi connectivity index (χ1n) is 20.3. The predicted molar refractivity (Wildman–Crippen MR) is 210 cm³/mol. The third-order valence-corrected chi connectivity index (χ3v) is 15.4. The number of quaternary nitrogens is 1. The quantitative estimate of drug-likeness (QED) is 0.244. The molecule has 15 nitrogen and oxygen atoms in total. The Morgan fingerprint density at radius 3 is 2.48 bits per heavy atom. The molecule has 1 unspecified atom stereocenters. The highest BCUT2D eigenvalue weighted by molar-refractivity contribution is 7.91. The number of nitrogens with one attached hydrogen (secondary N) is 2. The monoisotopic (exact) mass is 828 g/mol. The molecule has 3 N–H and O–H groups in total. The molecule has 17 heteroatoms. The minimum Gasteiger partial charge on any atom is -0.494 e. The predicted octanol–water partition coefficient (Wildman–Crippen LogP) is 4.10. The van der Waals surface area contributed by atoms with Crippen molar-refractivity contribution >= 4 is 44.6 Å². The van der Waals surface area contributed by atoms with E-state index in [1.807, 2.05) is 43.3 Å². The van der Waals surface area contributed by atoms with Crippen LogP contribution in [0.15, 0.2) is 42.6 Å². The highest BCUT2D eigenvalue weighted by Crippen LogP contribution is 2.48. The minimum absolute atomic E-state index is 0.0145. The first kappa shape index (κ1) is 41.8. The van der Waals surface area contributed by atoms with Gasteiger partial charge in [0.1, 0.15) is 29.3 Å². The smallest absolute Gasteiger partial charge is 0.408 e. The number of sulfonamides is 1. The van der Waals surface area contributed by atoms with Crippen LogP contribution < -0.4 is 19.5 Å². The van der Waals surface area contributed by atoms with E-state index >= 15 is 4.79 Å². The molecule has 4 amide bonds. The molecule has 4 heterocycles. The van der Waals surface area contributed by atoms with E-state index in [0.29, 0.717) is 56.5 Å². The van der Waals surface area contributed by atoms with Crippen molar-refractivity contribution in [2.45, 2.75) is 106 Å². The molecule has 2 saturated carbocycles. The zero-order chi connectivity index (χ0) is 41.6. The van der Waals surface area contributed by atoms with Crippen molar-refractivity contribution < 1.29 is 55.8 Å². The Bertz CT molecular complexity index is 2080. The lowest BCUT2D eigenvalue weighted by Crippen LogP contribution is -2.68. The average Bonchev–Trinajstić information content (AvgIpc) is 4.11. The number of allylic oxidation sites excluding steroid dienone is 1. The summed E-state index contributed by atoms with van der Waals surface area (Å²) in [5.41, 5.74) is -1.68. The number of carbonyl (C=O) groups excluding carboxylic acids is 3. The summed E-state index contributed by atoms with van der Waals surface area (Å²) in [4.78, 5) is 63.6. The number of aromatic nitrogens is 1. The molecule has 8 atom stereocenters. The first-order chi connectivity index (χ1) is 27.6. The zero-order valence-electron chi connectivity index (χ0n) is 33.5. The number of halogens is 1. The fourth-order valence-electron chi connectivity index (χ4n) is 9.50. The standard InChI is InChI=1S/C41H54FN5O10S/c1-25-9-5-6-10-27-21-41(27,38(50)45-58(53,54)40(24-42)15-16-40)44-35(48)32-20-29(57-36-31-12-8-7-11-30(31)33(55-4)22-43-36)23-47(32,3)37(49)34(26(2)19-25)46(39(51)52)28-13-17-56-18-14-28/h6-8,10-12,22,25-29,32,34H,5,9,13-21,23-24H2,1-4H3,(H2-,44,45,48,50,51,52)/p+1/b10-6-/t25-,26-,27-,29-,32+,34+,41-,47?/m1/s1. The van der Waals surface area contributed by atoms with Crippen molar-refractivity contribution in [3.63, 3.8) is 0 Å². The van der Waals surface area contributed by atoms with Crippen LogP contribution >= 0.6 is 0 Å². The SMILES string of the molecule is COc1cnc(O[C@@H]2C[C@H]3C(=O)N[C@]4(C(=O)NS(=O)(=O)C5(CF)CC5)C[C@H]4/C=C\CC[C@@H](C)C[C@@H](C)[C@H](N(C(=O)O)C4CCOCC4)C(=O)[N+]3(C)C2)c2ccccc12. The Balaban J connectivity index is 1.29. The van der Waals surface area contributed by atoms with E-state index in [2.05, 4.69) is 21.9 Å². The van der Waals surface area contributed by atoms with Crippen molar-refractivity contribution in [3.8, 4) is 11.6 Å². The molecule has 4 fully saturated rings. The largest absolute Gasteiger partial charge is 0.494 e. The number of likely N-dealkylation sites (N-methyl/N-ethyl adjacent to an activating group) is 1. The van der Waals surface area contributed by atoms with Crippen molar-refractivity contribution in [1.29, 1.82) is 0 Å². The number of hydrogen-bond donors (Lipinski definition) is 3. The van der Waals surface area contributed by atoms with E-state index in [1.54, 1.807) is 7.05 Å². The number of pyridine rings is 1. The molecule has 7 rings (SSSR count). The fraction of sp³-hybridized carbons (Fsp3) is 0.634. The van der Waals surface area contributed by atoms with Crippen LogP contribution in [0.5, 0.6) is 11.6 Å². The summed E-state index contributed by atoms with van der Waals surface area (Å²) in [6, 6.07) is 4.54. The molecule has 0 radical (unpaired) electrons. The van der Waals surface area contributed by atoms with E-state index in [0.717, 1.165) is 5.39 Å². The fourth-order valence-corrected chi connectivity index (χ4v) is 10.9. The maximum atomic E-state index is 15.5. The minimum atomic E-state index is -4.41. The van der Waals surface area contributed by atoms with Gasteiger partial charge in [0.05, 0.1) is 26.8 Å². The zero-order valence-corrected chi connectivity index (χ0v) is 34.3. The maximum absolute atomic E-state index is 15.5. The second-order valence-corrected chi connectivity index (χ2v) is 19.4. The summed E-state index contributed by atoms with van der Waals surface area (Å²) < 4.78 is 58.0. The third-order valence-electron chi connectivity index (χ3n) is 13.3. The van der Waals surface area contributed by atoms with Gasteiger partial charge < -0.3 is 24.6 Å². The number of carboxylic acid groups (broad SMARTS) is 1. The van der Waals surface area contributed by atoms with Crippen LogP contribution in [0.2, 0.25) is 0 Å². The van der Waals surface area contributed by atoms with E-state index in [-0.39, 0.29) is 44.0 Å². The lowest BCUT2D eigenvalue weighted by molar-refractivity contribution is -0.840. The highest BCUT2D eigenvalue weighted by Gasteiger charge is 2.66. The molecule has 1 aromatic carbocycles. The molecule has 3 aliphatic heterocycles. The van der Waals surface area contributed by atoms with E-state index in [1.165, 1.54) is 18.2 Å². The molecule has 1 aromatic heterocycles. The van der Waals surface area contributed by atoms with Crippen molar-refractivity contribution in [3.05, 3.63) is 42.6 Å². The molecular weight excluding hydrogens is 774 g/mol. The highest BCUT2D eigenvalue weighted by atomic mass is 32.2. The summed E-state index contributed by atoms with van der Waals surface area (Å²) in [5, 5.41) is 15.1. The number of nitrogens with zero attached hydrogens (tertiary/aromatic N) is 3. The van der Waals surface area contributed by atoms with Gasteiger partial charge in [0, 0.05) is 35.9 Å². The Kier molecular flexibility index (Phi) is 11.5. The number of hydrogen-bond acceptors (Lipinski definition) is 10. The van der Waals surface area contributed by atoms with E-state index < -0.39 is 91.3 Å². The van der Waals surface area contributed by atoms with E-state index in [9.17, 15) is 32.3 Å². The number of carbonyl (C=O) groups is 4. The van der Waals surface area contributed by atoms with Crippen LogP contribution in [0.3, 0.4) is 0 Å². The van der Waals surface area contributed by atoms with Gasteiger partial charge in [-0.05, 0) is 69.3 Å². The summed E-state index contributed by atoms with van der Waals surface area (Å²) >= 11 is 0. The van der Waals surface area contributed by atoms with Crippen molar-refractivity contribution in [2.24, 2.45) is 17.8 Å². The number of rotatable bonds is 9. The third kappa shape index (κ3) is 7.65. The van der Waals surface area contributed by atoms with Gasteiger partial charge in [-0.3, -0.25) is 19.2 Å². The lowest BCUT2D eigenvalue weighted by atomic mass is 9.85. The number of fused-ring (bicyclic) bond motifs is 3. The van der Waals surface area contributed by atoms with Crippen molar-refractivity contribution in [1.82, 2.24) is 19.9 Å². The Morgan fingerprint density at radius 1 is 1.12 bits per heavy atom. The molecule has 0 spiro atoms. The Labute approximate surface area is 338 Å². The molecule has 58 heavy (non-hydrogen) atoms. The van der Waals surface area contributed by atoms with Crippen molar-refractivity contribution in [2.75, 3.05) is 40.6 Å². The second kappa shape index (κ2) is 16.0. The molecular formula is C41H55FN5O10S+.